The van der Waals surface area contributed by atoms with E-state index in [9.17, 15) is 0 Å². The van der Waals surface area contributed by atoms with E-state index in [1.54, 1.807) is 6.26 Å². The second-order valence-corrected chi connectivity index (χ2v) is 4.39. The molecule has 0 amide bonds. The monoisotopic (exact) mass is 271 g/mol. The molecular formula is C10H10ClN3O2S. The van der Waals surface area contributed by atoms with E-state index in [0.717, 1.165) is 10.7 Å². The van der Waals surface area contributed by atoms with Crippen LogP contribution in [-0.4, -0.2) is 21.6 Å². The minimum absolute atomic E-state index is 0.118. The highest BCUT2D eigenvalue weighted by atomic mass is 35.5. The lowest BCUT2D eigenvalue weighted by Crippen LogP contribution is -2.00. The van der Waals surface area contributed by atoms with Crippen molar-refractivity contribution in [3.63, 3.8) is 0 Å². The first-order chi connectivity index (χ1) is 8.19. The van der Waals surface area contributed by atoms with Crippen molar-refractivity contribution < 1.29 is 9.15 Å². The molecule has 17 heavy (non-hydrogen) atoms. The van der Waals surface area contributed by atoms with Crippen molar-refractivity contribution >= 4 is 23.4 Å². The molecule has 0 saturated heterocycles. The van der Waals surface area contributed by atoms with Crippen molar-refractivity contribution in [2.24, 2.45) is 0 Å². The van der Waals surface area contributed by atoms with Gasteiger partial charge in [-0.05, 0) is 43.3 Å². The molecule has 0 atom stereocenters. The van der Waals surface area contributed by atoms with Gasteiger partial charge >= 0.3 is 6.01 Å². The number of ether oxygens (including phenoxy) is 1. The Balaban J connectivity index is 2.23. The Morgan fingerprint density at radius 3 is 2.88 bits per heavy atom. The maximum Gasteiger partial charge on any atom is 0.321 e. The van der Waals surface area contributed by atoms with Gasteiger partial charge in [-0.1, -0.05) is 0 Å². The molecule has 0 unspecified atom stereocenters. The van der Waals surface area contributed by atoms with Crippen LogP contribution >= 0.6 is 23.4 Å². The average molecular weight is 272 g/mol. The molecule has 5 nitrogen and oxygen atoms in total. The summed E-state index contributed by atoms with van der Waals surface area (Å²) in [6, 6.07) is 2.08. The molecule has 0 spiro atoms. The second-order valence-electron chi connectivity index (χ2n) is 3.05. The molecule has 0 saturated carbocycles. The molecule has 2 aromatic heterocycles. The lowest BCUT2D eigenvalue weighted by Gasteiger charge is -2.03. The predicted octanol–water partition coefficient (Wildman–Crippen LogP) is 2.98. The molecule has 0 radical (unpaired) electrons. The summed E-state index contributed by atoms with van der Waals surface area (Å²) in [5.41, 5.74) is 0. The van der Waals surface area contributed by atoms with Gasteiger partial charge in [-0.15, -0.1) is 0 Å². The minimum atomic E-state index is 0.118. The van der Waals surface area contributed by atoms with Crippen molar-refractivity contribution in [1.29, 1.82) is 0 Å². The Labute approximate surface area is 108 Å². The Kier molecular flexibility index (Phi) is 3.86. The molecule has 0 aromatic carbocycles. The highest BCUT2D eigenvalue weighted by Gasteiger charge is 2.10. The molecule has 0 aliphatic heterocycles. The van der Waals surface area contributed by atoms with E-state index in [2.05, 4.69) is 15.0 Å². The van der Waals surface area contributed by atoms with Crippen molar-refractivity contribution in [2.75, 3.05) is 6.61 Å². The van der Waals surface area contributed by atoms with Gasteiger partial charge in [0, 0.05) is 0 Å². The molecule has 2 rings (SSSR count). The van der Waals surface area contributed by atoms with E-state index in [4.69, 9.17) is 20.8 Å². The van der Waals surface area contributed by atoms with Gasteiger partial charge in [0.25, 0.3) is 0 Å². The van der Waals surface area contributed by atoms with Gasteiger partial charge in [0.1, 0.15) is 5.76 Å². The number of rotatable bonds is 4. The van der Waals surface area contributed by atoms with Crippen LogP contribution in [0.15, 0.2) is 26.8 Å². The summed E-state index contributed by atoms with van der Waals surface area (Å²) in [5.74, 6) is 0.810. The zero-order valence-corrected chi connectivity index (χ0v) is 10.9. The van der Waals surface area contributed by atoms with E-state index in [-0.39, 0.29) is 11.3 Å². The molecule has 0 N–H and O–H groups in total. The van der Waals surface area contributed by atoms with Gasteiger partial charge in [-0.2, -0.15) is 15.0 Å². The van der Waals surface area contributed by atoms with Crippen molar-refractivity contribution in [1.82, 2.24) is 15.0 Å². The number of hydrogen-bond donors (Lipinski definition) is 0. The van der Waals surface area contributed by atoms with E-state index in [1.807, 2.05) is 19.9 Å². The third-order valence-corrected chi connectivity index (χ3v) is 3.03. The molecular weight excluding hydrogens is 262 g/mol. The van der Waals surface area contributed by atoms with Crippen LogP contribution in [0.5, 0.6) is 6.01 Å². The van der Waals surface area contributed by atoms with Gasteiger partial charge in [-0.3, -0.25) is 0 Å². The van der Waals surface area contributed by atoms with E-state index in [0.29, 0.717) is 11.8 Å². The van der Waals surface area contributed by atoms with Gasteiger partial charge in [0.15, 0.2) is 5.16 Å². The van der Waals surface area contributed by atoms with Crippen LogP contribution in [0.1, 0.15) is 12.7 Å². The van der Waals surface area contributed by atoms with Gasteiger partial charge in [-0.25, -0.2) is 0 Å². The molecule has 7 heteroatoms. The standard InChI is InChI=1S/C10H10ClN3O2S/c1-3-15-9-12-8(11)13-10(14-9)17-7-4-5-16-6(7)2/h4-5H,3H2,1-2H3. The van der Waals surface area contributed by atoms with Gasteiger partial charge in [0.05, 0.1) is 17.8 Å². The predicted molar refractivity (Wildman–Crippen MR) is 63.6 cm³/mol. The summed E-state index contributed by atoms with van der Waals surface area (Å²) in [5, 5.41) is 0.602. The summed E-state index contributed by atoms with van der Waals surface area (Å²) in [4.78, 5) is 12.9. The lowest BCUT2D eigenvalue weighted by atomic mass is 10.5. The third kappa shape index (κ3) is 3.10. The van der Waals surface area contributed by atoms with E-state index in [1.165, 1.54) is 11.8 Å². The largest absolute Gasteiger partial charge is 0.468 e. The lowest BCUT2D eigenvalue weighted by molar-refractivity contribution is 0.307. The number of aromatic nitrogens is 3. The van der Waals surface area contributed by atoms with Crippen LogP contribution in [0.25, 0.3) is 0 Å². The first kappa shape index (κ1) is 12.2. The minimum Gasteiger partial charge on any atom is -0.468 e. The van der Waals surface area contributed by atoms with Crippen LogP contribution in [0.4, 0.5) is 0 Å². The SMILES string of the molecule is CCOc1nc(Cl)nc(Sc2ccoc2C)n1. The van der Waals surface area contributed by atoms with Crippen LogP contribution in [-0.2, 0) is 0 Å². The van der Waals surface area contributed by atoms with Gasteiger partial charge < -0.3 is 9.15 Å². The first-order valence-electron chi connectivity index (χ1n) is 4.95. The van der Waals surface area contributed by atoms with Crippen molar-refractivity contribution in [3.8, 4) is 6.01 Å². The topological polar surface area (TPSA) is 61.0 Å². The molecule has 0 aliphatic carbocycles. The van der Waals surface area contributed by atoms with Crippen LogP contribution < -0.4 is 4.74 Å². The number of furan rings is 1. The summed E-state index contributed by atoms with van der Waals surface area (Å²) >= 11 is 7.14. The summed E-state index contributed by atoms with van der Waals surface area (Å²) in [7, 11) is 0. The smallest absolute Gasteiger partial charge is 0.321 e. The van der Waals surface area contributed by atoms with Crippen LogP contribution in [0.2, 0.25) is 5.28 Å². The van der Waals surface area contributed by atoms with Crippen molar-refractivity contribution in [3.05, 3.63) is 23.4 Å². The normalized spacial score (nSPS) is 10.5. The molecule has 90 valence electrons. The van der Waals surface area contributed by atoms with E-state index < -0.39 is 0 Å². The van der Waals surface area contributed by atoms with Crippen molar-refractivity contribution in [2.45, 2.75) is 23.9 Å². The van der Waals surface area contributed by atoms with E-state index >= 15 is 0 Å². The number of hydrogen-bond acceptors (Lipinski definition) is 6. The average Bonchev–Trinajstić information content (AvgIpc) is 2.64. The Morgan fingerprint density at radius 2 is 2.24 bits per heavy atom. The van der Waals surface area contributed by atoms with Crippen LogP contribution in [0.3, 0.4) is 0 Å². The summed E-state index contributed by atoms with van der Waals surface area (Å²) < 4.78 is 10.4. The Hall–Kier alpha value is -1.27. The summed E-state index contributed by atoms with van der Waals surface area (Å²) in [6.45, 7) is 4.20. The second kappa shape index (κ2) is 5.37. The fourth-order valence-corrected chi connectivity index (χ4v) is 2.10. The molecule has 0 aliphatic rings. The molecule has 0 fully saturated rings. The third-order valence-electron chi connectivity index (χ3n) is 1.85. The maximum atomic E-state index is 5.79. The number of aryl methyl sites for hydroxylation is 1. The highest BCUT2D eigenvalue weighted by molar-refractivity contribution is 7.99. The Morgan fingerprint density at radius 1 is 1.41 bits per heavy atom. The maximum absolute atomic E-state index is 5.79. The zero-order valence-electron chi connectivity index (χ0n) is 9.31. The quantitative estimate of drug-likeness (QED) is 0.852. The summed E-state index contributed by atoms with van der Waals surface area (Å²) in [6.07, 6.45) is 1.61. The first-order valence-corrected chi connectivity index (χ1v) is 6.15. The zero-order chi connectivity index (χ0) is 12.3. The van der Waals surface area contributed by atoms with Gasteiger partial charge in [0.2, 0.25) is 5.28 Å². The number of nitrogens with zero attached hydrogens (tertiary/aromatic N) is 3. The molecule has 0 bridgehead atoms. The Bertz CT molecular complexity index is 518. The highest BCUT2D eigenvalue weighted by Crippen LogP contribution is 2.29. The molecule has 2 heterocycles. The molecule has 2 aromatic rings. The fraction of sp³-hybridized carbons (Fsp3) is 0.300. The fourth-order valence-electron chi connectivity index (χ4n) is 1.13. The van der Waals surface area contributed by atoms with Crippen LogP contribution in [0, 0.1) is 6.92 Å². The number of halogens is 1.